The van der Waals surface area contributed by atoms with Crippen LogP contribution in [0.25, 0.3) is 21.8 Å². The van der Waals surface area contributed by atoms with E-state index in [2.05, 4.69) is 82.8 Å². The molecular formula is C90H99B2N11O12. The number of nitrogens with one attached hydrogen (secondary N) is 2. The van der Waals surface area contributed by atoms with Gasteiger partial charge in [0.2, 0.25) is 0 Å². The fourth-order valence-electron chi connectivity index (χ4n) is 18.2. The number of piperidine rings is 4. The van der Waals surface area contributed by atoms with Gasteiger partial charge in [-0.15, -0.1) is 0 Å². The van der Waals surface area contributed by atoms with Crippen molar-refractivity contribution in [3.8, 4) is 17.2 Å². The molecule has 25 heteroatoms. The van der Waals surface area contributed by atoms with Crippen molar-refractivity contribution in [3.05, 3.63) is 255 Å². The predicted octanol–water partition coefficient (Wildman–Crippen LogP) is 9.39. The first-order valence-electron chi connectivity index (χ1n) is 40.8. The topological polar surface area (TPSA) is 302 Å². The van der Waals surface area contributed by atoms with E-state index in [9.17, 15) is 24.0 Å². The van der Waals surface area contributed by atoms with Crippen LogP contribution in [0, 0.1) is 0 Å². The van der Waals surface area contributed by atoms with Gasteiger partial charge < -0.3 is 90.2 Å². The van der Waals surface area contributed by atoms with Crippen LogP contribution in [0.2, 0.25) is 0 Å². The molecule has 7 saturated heterocycles. The Morgan fingerprint density at radius 1 is 0.443 bits per heavy atom. The summed E-state index contributed by atoms with van der Waals surface area (Å²) in [5, 5.41) is 1.78. The molecule has 0 aliphatic carbocycles. The molecule has 0 radical (unpaired) electrons. The average Bonchev–Trinajstić information content (AvgIpc) is 1.62. The number of aromatic nitrogens is 2. The molecule has 10 aromatic rings. The number of nitrogens with zero attached hydrogens (tertiary/aromatic N) is 5. The fraction of sp³-hybridized carbons (Fsp3) is 0.367. The van der Waals surface area contributed by atoms with Crippen LogP contribution >= 0.6 is 0 Å². The lowest BCUT2D eigenvalue weighted by molar-refractivity contribution is -0.133. The van der Waals surface area contributed by atoms with E-state index in [0.29, 0.717) is 157 Å². The molecule has 10 heterocycles. The molecule has 0 saturated carbocycles. The molecule has 8 aliphatic heterocycles. The first kappa shape index (κ1) is 77.0. The molecule has 3 atom stereocenters. The van der Waals surface area contributed by atoms with Gasteiger partial charge in [0.15, 0.2) is 6.61 Å². The van der Waals surface area contributed by atoms with Crippen molar-refractivity contribution in [1.82, 2.24) is 34.5 Å². The second kappa shape index (κ2) is 34.1. The molecule has 0 bridgehead atoms. The molecule has 10 N–H and O–H groups in total. The van der Waals surface area contributed by atoms with Crippen LogP contribution in [0.1, 0.15) is 155 Å². The lowest BCUT2D eigenvalue weighted by atomic mass is 9.74. The Morgan fingerprint density at radius 2 is 0.887 bits per heavy atom. The Bertz CT molecular complexity index is 5200. The molecular weight excluding hydrogens is 1450 g/mol. The van der Waals surface area contributed by atoms with Gasteiger partial charge in [0.1, 0.15) is 35.2 Å². The molecule has 592 valence electrons. The van der Waals surface area contributed by atoms with E-state index in [1.54, 1.807) is 29.2 Å². The molecule has 2 aromatic heterocycles. The van der Waals surface area contributed by atoms with Crippen molar-refractivity contribution in [3.63, 3.8) is 0 Å². The zero-order valence-electron chi connectivity index (χ0n) is 64.8. The highest BCUT2D eigenvalue weighted by Crippen LogP contribution is 2.46. The Labute approximate surface area is 670 Å². The Kier molecular flexibility index (Phi) is 22.8. The first-order valence-corrected chi connectivity index (χ1v) is 40.8. The number of hydrogen-bond donors (Lipinski definition) is 6. The predicted molar refractivity (Wildman–Crippen MR) is 442 cm³/mol. The van der Waals surface area contributed by atoms with Gasteiger partial charge in [-0.25, -0.2) is 0 Å². The summed E-state index contributed by atoms with van der Waals surface area (Å²) in [5.74, 6) is 3.04. The highest BCUT2D eigenvalue weighted by atomic mass is 16.7. The monoisotopic (exact) mass is 1550 g/mol. The largest absolute Gasteiger partial charge is 0.495 e. The summed E-state index contributed by atoms with van der Waals surface area (Å²) in [6, 6.07) is 61.6. The van der Waals surface area contributed by atoms with Gasteiger partial charge in [0.05, 0.1) is 31.5 Å². The van der Waals surface area contributed by atoms with Crippen molar-refractivity contribution in [2.45, 2.75) is 119 Å². The van der Waals surface area contributed by atoms with Gasteiger partial charge in [0.25, 0.3) is 29.5 Å². The Morgan fingerprint density at radius 3 is 1.38 bits per heavy atom. The van der Waals surface area contributed by atoms with Gasteiger partial charge in [-0.3, -0.25) is 24.0 Å². The number of ether oxygens (including phenoxy) is 3. The minimum atomic E-state index is -0.630. The number of nitrogens with two attached hydrogens (primary N) is 4. The molecule has 5 amide bonds. The molecule has 8 aliphatic rings. The summed E-state index contributed by atoms with van der Waals surface area (Å²) in [4.78, 5) is 83.9. The summed E-state index contributed by atoms with van der Waals surface area (Å²) >= 11 is 0. The molecule has 2 unspecified atom stereocenters. The third kappa shape index (κ3) is 16.6. The SMILES string of the molecule is NCc1cccc(C2CCN(C(=O)c3cccc(OCC(=O)N4CC5OB(c6cccc7[nH]c(C(=O)N8CCC9(CC8)COc8ccc(CN)cc89)cc67)OC5C4)c3)CC2)c1.NCc1cccc(C2CCN(C(=O)c3cccc(OC[C@H]4COB(c5cccc6[nH]c(C(=O)N7CCC(c8cccc(CN)c8)CC7)cc56)O4)c3)CC2)c1. The van der Waals surface area contributed by atoms with E-state index in [1.807, 2.05) is 111 Å². The van der Waals surface area contributed by atoms with Crippen LogP contribution in [-0.4, -0.2) is 188 Å². The van der Waals surface area contributed by atoms with E-state index in [0.717, 1.165) is 112 Å². The normalized spacial score (nSPS) is 19.7. The molecule has 18 rings (SSSR count). The van der Waals surface area contributed by atoms with E-state index in [4.69, 9.17) is 55.8 Å². The summed E-state index contributed by atoms with van der Waals surface area (Å²) in [7, 11) is -1.22. The maximum Gasteiger partial charge on any atom is 0.495 e. The standard InChI is InChI=1S/C47H51BN6O7.C43H48BN5O5/c49-24-30-4-1-5-33(20-30)32-12-16-52(17-13-32)45(56)34-6-2-7-35(22-34)58-28-44(55)54-26-42-43(27-54)61-48(60-42)38-8-3-9-39-36(38)23-40(51-39)46(57)53-18-14-47(15-19-53)29-59-41-11-10-31(25-50)21-37(41)47;45-25-29-5-1-7-33(21-29)31-13-17-48(18-14-31)42(50)35-9-3-10-36(23-35)52-27-37-28-53-44(54-37)39-11-4-12-40-38(39)24-41(47-40)43(51)49-19-15-32(16-20-49)34-8-2-6-30(22-34)26-46/h1-11,20-23,32,42-43,51H,12-19,24-29,49-50H2;1-12,21-24,31-32,37,47H,13-20,25-28,45-46H2/t;37-/m.0/s1. The van der Waals surface area contributed by atoms with Crippen LogP contribution in [0.5, 0.6) is 17.2 Å². The van der Waals surface area contributed by atoms with Crippen molar-refractivity contribution in [2.75, 3.05) is 91.9 Å². The van der Waals surface area contributed by atoms with E-state index >= 15 is 0 Å². The van der Waals surface area contributed by atoms with Crippen molar-refractivity contribution in [1.29, 1.82) is 0 Å². The minimum Gasteiger partial charge on any atom is -0.492 e. The van der Waals surface area contributed by atoms with Crippen LogP contribution in [0.3, 0.4) is 0 Å². The Hall–Kier alpha value is -10.6. The van der Waals surface area contributed by atoms with Crippen LogP contribution < -0.4 is 48.1 Å². The highest BCUT2D eigenvalue weighted by Gasteiger charge is 2.49. The third-order valence-electron chi connectivity index (χ3n) is 24.9. The van der Waals surface area contributed by atoms with E-state index in [-0.39, 0.29) is 66.5 Å². The molecule has 8 aromatic carbocycles. The minimum absolute atomic E-state index is 0.00430. The van der Waals surface area contributed by atoms with Crippen LogP contribution in [0.4, 0.5) is 0 Å². The van der Waals surface area contributed by atoms with Crippen molar-refractivity contribution < 1.29 is 56.8 Å². The first-order chi connectivity index (χ1) is 56.2. The second-order valence-corrected chi connectivity index (χ2v) is 32.0. The number of rotatable bonds is 19. The summed E-state index contributed by atoms with van der Waals surface area (Å²) in [6.07, 6.45) is 6.23. The average molecular weight is 1550 g/mol. The van der Waals surface area contributed by atoms with Gasteiger partial charge in [-0.05, 0) is 196 Å². The molecule has 115 heavy (non-hydrogen) atoms. The van der Waals surface area contributed by atoms with Crippen molar-refractivity contribution in [2.24, 2.45) is 22.9 Å². The molecule has 23 nitrogen and oxygen atoms in total. The van der Waals surface area contributed by atoms with Crippen LogP contribution in [-0.2, 0) is 55.0 Å². The third-order valence-corrected chi connectivity index (χ3v) is 24.9. The fourth-order valence-corrected chi connectivity index (χ4v) is 18.2. The van der Waals surface area contributed by atoms with E-state index in [1.165, 1.54) is 22.3 Å². The lowest BCUT2D eigenvalue weighted by Gasteiger charge is -2.38. The van der Waals surface area contributed by atoms with Crippen molar-refractivity contribution >= 4 is 76.5 Å². The number of hydrogen-bond acceptors (Lipinski definition) is 16. The molecule has 7 fully saturated rings. The highest BCUT2D eigenvalue weighted by molar-refractivity contribution is 6.65. The zero-order chi connectivity index (χ0) is 78.7. The number of carbonyl (C=O) groups excluding carboxylic acids is 5. The van der Waals surface area contributed by atoms with Gasteiger partial charge in [-0.2, -0.15) is 0 Å². The smallest absolute Gasteiger partial charge is 0.492 e. The van der Waals surface area contributed by atoms with Crippen LogP contribution in [0.15, 0.2) is 188 Å². The quantitative estimate of drug-likeness (QED) is 0.0411. The summed E-state index contributed by atoms with van der Waals surface area (Å²) in [5.41, 5.74) is 38.7. The Balaban J connectivity index is 0.000000167. The number of amides is 5. The zero-order valence-corrected chi connectivity index (χ0v) is 64.8. The van der Waals surface area contributed by atoms with Gasteiger partial charge in [-0.1, -0.05) is 121 Å². The number of likely N-dealkylation sites (tertiary alicyclic amines) is 5. The van der Waals surface area contributed by atoms with E-state index < -0.39 is 14.2 Å². The maximum atomic E-state index is 13.9. The van der Waals surface area contributed by atoms with Gasteiger partial charge in [0, 0.05) is 125 Å². The lowest BCUT2D eigenvalue weighted by Crippen LogP contribution is -2.46. The summed E-state index contributed by atoms with van der Waals surface area (Å²) < 4.78 is 43.4. The number of fused-ring (bicyclic) bond motifs is 5. The maximum absolute atomic E-state index is 13.9. The summed E-state index contributed by atoms with van der Waals surface area (Å²) in [6.45, 7) is 9.37. The molecule has 1 spiro atoms. The second-order valence-electron chi connectivity index (χ2n) is 32.0. The number of aromatic amines is 2. The number of carbonyl (C=O) groups is 5. The number of H-pyrrole nitrogens is 2. The number of benzene rings is 8. The van der Waals surface area contributed by atoms with Gasteiger partial charge >= 0.3 is 14.2 Å².